The zero-order valence-corrected chi connectivity index (χ0v) is 25.6. The highest BCUT2D eigenvalue weighted by Crippen LogP contribution is 2.34. The molecular formula is C24H49B3O16. The number of rotatable bonds is 17. The first-order valence-corrected chi connectivity index (χ1v) is 14.6. The summed E-state index contributed by atoms with van der Waals surface area (Å²) in [5.74, 6) is 0. The van der Waals surface area contributed by atoms with Gasteiger partial charge in [-0.05, 0) is 27.7 Å². The Labute approximate surface area is 253 Å². The molecule has 2 saturated heterocycles. The number of hydrogen-bond acceptors (Lipinski definition) is 16. The molecule has 0 aromatic carbocycles. The van der Waals surface area contributed by atoms with Crippen LogP contribution in [0, 0.1) is 0 Å². The molecule has 2 heterocycles. The summed E-state index contributed by atoms with van der Waals surface area (Å²) in [6.45, 7) is 4.02. The Hall–Kier alpha value is -0.445. The Morgan fingerprint density at radius 1 is 0.884 bits per heavy atom. The van der Waals surface area contributed by atoms with Crippen molar-refractivity contribution in [3.63, 3.8) is 0 Å². The van der Waals surface area contributed by atoms with Gasteiger partial charge < -0.3 is 79.0 Å². The molecule has 19 heteroatoms. The molecule has 0 aromatic rings. The van der Waals surface area contributed by atoms with Crippen molar-refractivity contribution in [2.75, 3.05) is 26.4 Å². The monoisotopic (exact) mass is 626 g/mol. The van der Waals surface area contributed by atoms with Gasteiger partial charge in [0.1, 0.15) is 82.7 Å². The number of aliphatic hydroxyl groups excluding tert-OH is 9. The van der Waals surface area contributed by atoms with Crippen LogP contribution in [0.5, 0.6) is 0 Å². The number of hydrogen-bond donors (Lipinski definition) is 9. The van der Waals surface area contributed by atoms with Gasteiger partial charge in [-0.1, -0.05) is 0 Å². The zero-order valence-electron chi connectivity index (χ0n) is 25.6. The fourth-order valence-electron chi connectivity index (χ4n) is 4.97. The smallest absolute Gasteiger partial charge is 0.233 e. The minimum atomic E-state index is -1.64. The van der Waals surface area contributed by atoms with Gasteiger partial charge in [-0.2, -0.15) is 0 Å². The third kappa shape index (κ3) is 10.0. The van der Waals surface area contributed by atoms with Crippen molar-refractivity contribution in [2.24, 2.45) is 0 Å². The van der Waals surface area contributed by atoms with Crippen LogP contribution in [-0.2, 0) is 33.1 Å². The lowest BCUT2D eigenvalue weighted by Gasteiger charge is -2.50. The first kappa shape index (κ1) is 38.7. The molecule has 0 radical (unpaired) electrons. The Kier molecular flexibility index (Phi) is 15.7. The van der Waals surface area contributed by atoms with E-state index in [1.807, 2.05) is 0 Å². The SMILES string of the molecule is BBOC(OC(CO)[C@@H](C)O)[C@@H](O)COC(B)(C)C1OC(CO)C(O)C(OC2OC(CO)C(O)C(OC(C)C)C2O)C1O. The molecule has 0 spiro atoms. The molecule has 9 N–H and O–H groups in total. The summed E-state index contributed by atoms with van der Waals surface area (Å²) in [5.41, 5.74) is -1.41. The minimum Gasteiger partial charge on any atom is -0.424 e. The Morgan fingerprint density at radius 2 is 1.47 bits per heavy atom. The lowest BCUT2D eigenvalue weighted by atomic mass is 9.72. The largest absolute Gasteiger partial charge is 0.424 e. The van der Waals surface area contributed by atoms with Crippen LogP contribution in [0.4, 0.5) is 0 Å². The first-order chi connectivity index (χ1) is 20.1. The molecule has 43 heavy (non-hydrogen) atoms. The molecule has 2 rings (SSSR count). The lowest BCUT2D eigenvalue weighted by Crippen LogP contribution is -2.68. The fourth-order valence-corrected chi connectivity index (χ4v) is 4.97. The van der Waals surface area contributed by atoms with Crippen LogP contribution in [0.3, 0.4) is 0 Å². The van der Waals surface area contributed by atoms with E-state index in [0.717, 1.165) is 0 Å². The van der Waals surface area contributed by atoms with Crippen molar-refractivity contribution >= 4 is 23.0 Å². The van der Waals surface area contributed by atoms with Crippen LogP contribution < -0.4 is 0 Å². The first-order valence-electron chi connectivity index (χ1n) is 14.6. The van der Waals surface area contributed by atoms with E-state index < -0.39 is 124 Å². The second-order valence-electron chi connectivity index (χ2n) is 11.6. The highest BCUT2D eigenvalue weighted by atomic mass is 16.7. The number of ether oxygens (including phenoxy) is 6. The van der Waals surface area contributed by atoms with E-state index in [1.165, 1.54) is 21.7 Å². The van der Waals surface area contributed by atoms with Gasteiger partial charge in [0.2, 0.25) is 7.37 Å². The standard InChI is InChI=1S/C24H49B3O16/c1-9(2)38-20-16(34)14(7-30)41-23(18(20)36)42-19-15(33)13(6-29)39-21(17(19)35)24(4,25)37-8-11(32)22(43-27-26)40-12(5-28)10(3)31/h9-23,27-36H,5-8,25-26H2,1-4H3/t10-,11+,12?,13?,14?,15?,16?,17?,18?,19?,20?,21?,22?,23?,24?/m1/s1. The Bertz CT molecular complexity index is 800. The maximum Gasteiger partial charge on any atom is 0.233 e. The highest BCUT2D eigenvalue weighted by molar-refractivity contribution is 6.85. The van der Waals surface area contributed by atoms with Crippen molar-refractivity contribution in [2.45, 2.75) is 125 Å². The summed E-state index contributed by atoms with van der Waals surface area (Å²) < 4.78 is 39.6. The molecule has 16 nitrogen and oxygen atoms in total. The van der Waals surface area contributed by atoms with Crippen molar-refractivity contribution in [1.29, 1.82) is 0 Å². The second-order valence-corrected chi connectivity index (χ2v) is 11.6. The average molecular weight is 626 g/mol. The molecule has 2 fully saturated rings. The van der Waals surface area contributed by atoms with E-state index in [4.69, 9.17) is 33.1 Å². The van der Waals surface area contributed by atoms with Gasteiger partial charge in [0.25, 0.3) is 0 Å². The fraction of sp³-hybridized carbons (Fsp3) is 1.00. The van der Waals surface area contributed by atoms with Crippen molar-refractivity contribution in [3.8, 4) is 0 Å². The minimum absolute atomic E-state index is 0.134. The summed E-state index contributed by atoms with van der Waals surface area (Å²) in [6, 6.07) is 0. The molecule has 2 aliphatic heterocycles. The summed E-state index contributed by atoms with van der Waals surface area (Å²) in [6.07, 6.45) is -19.5. The number of aliphatic hydroxyl groups is 9. The van der Waals surface area contributed by atoms with Crippen LogP contribution in [0.15, 0.2) is 0 Å². The topological polar surface area (TPSA) is 247 Å². The summed E-state index contributed by atoms with van der Waals surface area (Å²) in [4.78, 5) is 0. The van der Waals surface area contributed by atoms with Gasteiger partial charge in [0, 0.05) is 0 Å². The molecule has 0 amide bonds. The van der Waals surface area contributed by atoms with Crippen molar-refractivity contribution in [3.05, 3.63) is 0 Å². The van der Waals surface area contributed by atoms with Crippen LogP contribution in [0.25, 0.3) is 0 Å². The predicted octanol–water partition coefficient (Wildman–Crippen LogP) is -7.19. The van der Waals surface area contributed by atoms with Gasteiger partial charge in [-0.15, -0.1) is 0 Å². The maximum absolute atomic E-state index is 11.3. The Morgan fingerprint density at radius 3 is 1.98 bits per heavy atom. The van der Waals surface area contributed by atoms with E-state index >= 15 is 0 Å². The molecule has 15 atom stereocenters. The lowest BCUT2D eigenvalue weighted by molar-refractivity contribution is -0.352. The van der Waals surface area contributed by atoms with Crippen molar-refractivity contribution < 1.29 is 79.0 Å². The molecule has 250 valence electrons. The van der Waals surface area contributed by atoms with Gasteiger partial charge in [0.05, 0.1) is 44.1 Å². The second kappa shape index (κ2) is 17.5. The van der Waals surface area contributed by atoms with Crippen LogP contribution >= 0.6 is 0 Å². The van der Waals surface area contributed by atoms with E-state index in [-0.39, 0.29) is 7.37 Å². The quantitative estimate of drug-likeness (QED) is 0.0538. The van der Waals surface area contributed by atoms with Gasteiger partial charge in [0.15, 0.2) is 12.6 Å². The molecule has 13 unspecified atom stereocenters. The van der Waals surface area contributed by atoms with Crippen LogP contribution in [0.2, 0.25) is 0 Å². The van der Waals surface area contributed by atoms with Crippen LogP contribution in [-0.4, -0.2) is 193 Å². The third-order valence-corrected chi connectivity index (χ3v) is 7.39. The van der Waals surface area contributed by atoms with E-state index in [9.17, 15) is 46.0 Å². The average Bonchev–Trinajstić information content (AvgIpc) is 2.94. The van der Waals surface area contributed by atoms with E-state index in [2.05, 4.69) is 0 Å². The van der Waals surface area contributed by atoms with E-state index in [0.29, 0.717) is 0 Å². The molecule has 0 bridgehead atoms. The van der Waals surface area contributed by atoms with Gasteiger partial charge in [-0.25, -0.2) is 0 Å². The third-order valence-electron chi connectivity index (χ3n) is 7.39. The predicted molar refractivity (Wildman–Crippen MR) is 154 cm³/mol. The normalized spacial score (nSPS) is 37.8. The summed E-state index contributed by atoms with van der Waals surface area (Å²) in [5, 5.41) is 93.3. The molecule has 2 aliphatic rings. The summed E-state index contributed by atoms with van der Waals surface area (Å²) >= 11 is 0. The molecule has 0 aliphatic carbocycles. The van der Waals surface area contributed by atoms with Crippen molar-refractivity contribution in [1.82, 2.24) is 0 Å². The molecular weight excluding hydrogens is 577 g/mol. The highest BCUT2D eigenvalue weighted by Gasteiger charge is 2.54. The molecule has 0 saturated carbocycles. The van der Waals surface area contributed by atoms with Crippen LogP contribution in [0.1, 0.15) is 27.7 Å². The van der Waals surface area contributed by atoms with Gasteiger partial charge >= 0.3 is 0 Å². The Balaban J connectivity index is 2.21. The van der Waals surface area contributed by atoms with Gasteiger partial charge in [-0.3, -0.25) is 0 Å². The van der Waals surface area contributed by atoms with E-state index in [1.54, 1.807) is 21.6 Å². The zero-order chi connectivity index (χ0) is 32.6. The maximum atomic E-state index is 11.3. The molecule has 0 aromatic heterocycles. The summed E-state index contributed by atoms with van der Waals surface area (Å²) in [7, 11) is 3.32.